The van der Waals surface area contributed by atoms with Gasteiger partial charge < -0.3 is 30.5 Å². The Bertz CT molecular complexity index is 1380. The number of aryl methyl sites for hydroxylation is 1. The summed E-state index contributed by atoms with van der Waals surface area (Å²) in [5, 5.41) is 17.7. The molecular weight excluding hydrogens is 544 g/mol. The van der Waals surface area contributed by atoms with Gasteiger partial charge in [-0.2, -0.15) is 4.31 Å². The fourth-order valence-corrected chi connectivity index (χ4v) is 5.48. The molecule has 216 valence electrons. The molecule has 1 heterocycles. The molecule has 0 fully saturated rings. The standard InChI is InChI=1S/C26H32N4O9S/c1-16-8-9-18-14-20(16)39-13-11-27-22(32)15-30(12-10-28-25(34)23(17(2)31)29-24(18)33)40(36,37)21-7-5-4-6-19(21)26(35)38-3/h4-9,14,17,23,31H,10-13,15H2,1-3H3,(H,27,32)(H,28,34)(H,29,33)/t17-,23+/m1/s1. The van der Waals surface area contributed by atoms with Gasteiger partial charge in [-0.25, -0.2) is 13.2 Å². The highest BCUT2D eigenvalue weighted by atomic mass is 32.2. The first-order valence-corrected chi connectivity index (χ1v) is 13.8. The number of ether oxygens (including phenoxy) is 2. The average molecular weight is 577 g/mol. The SMILES string of the molecule is COC(=O)c1ccccc1S(=O)(=O)N1CCNC(=O)[C@H]([C@@H](C)O)NC(=O)c2ccc(C)c(c2)OCCNC(=O)C1. The Labute approximate surface area is 231 Å². The molecule has 0 aliphatic carbocycles. The van der Waals surface area contributed by atoms with Gasteiger partial charge in [0.1, 0.15) is 18.4 Å². The van der Waals surface area contributed by atoms with Gasteiger partial charge in [-0.05, 0) is 43.7 Å². The first-order valence-electron chi connectivity index (χ1n) is 12.4. The van der Waals surface area contributed by atoms with E-state index in [-0.39, 0.29) is 42.3 Å². The number of carbonyl (C=O) groups excluding carboxylic acids is 4. The van der Waals surface area contributed by atoms with E-state index < -0.39 is 52.4 Å². The van der Waals surface area contributed by atoms with Gasteiger partial charge in [0.05, 0.1) is 36.8 Å². The number of rotatable bonds is 4. The molecule has 0 unspecified atom stereocenters. The van der Waals surface area contributed by atoms with E-state index in [9.17, 15) is 32.7 Å². The van der Waals surface area contributed by atoms with E-state index in [4.69, 9.17) is 9.47 Å². The molecule has 2 aromatic carbocycles. The quantitative estimate of drug-likeness (QED) is 0.352. The highest BCUT2D eigenvalue weighted by Crippen LogP contribution is 2.22. The lowest BCUT2D eigenvalue weighted by molar-refractivity contribution is -0.125. The van der Waals surface area contributed by atoms with E-state index in [0.717, 1.165) is 11.4 Å². The number of esters is 1. The third kappa shape index (κ3) is 7.34. The molecule has 0 saturated carbocycles. The molecule has 3 amide bonds. The zero-order chi connectivity index (χ0) is 29.4. The van der Waals surface area contributed by atoms with Crippen LogP contribution in [0.1, 0.15) is 33.2 Å². The lowest BCUT2D eigenvalue weighted by atomic mass is 10.1. The van der Waals surface area contributed by atoms with Gasteiger partial charge in [0.15, 0.2) is 0 Å². The van der Waals surface area contributed by atoms with Crippen LogP contribution in [0, 0.1) is 6.92 Å². The van der Waals surface area contributed by atoms with Crippen LogP contribution in [-0.2, 0) is 24.3 Å². The minimum absolute atomic E-state index is 0.0198. The summed E-state index contributed by atoms with van der Waals surface area (Å²) in [5.74, 6) is -2.57. The second-order valence-electron chi connectivity index (χ2n) is 8.99. The number of nitrogens with one attached hydrogen (secondary N) is 3. The lowest BCUT2D eigenvalue weighted by Gasteiger charge is -2.24. The van der Waals surface area contributed by atoms with Crippen molar-refractivity contribution < 1.29 is 42.2 Å². The van der Waals surface area contributed by atoms with Crippen LogP contribution < -0.4 is 20.7 Å². The summed E-state index contributed by atoms with van der Waals surface area (Å²) in [6, 6.07) is 8.70. The van der Waals surface area contributed by atoms with Crippen LogP contribution in [0.3, 0.4) is 0 Å². The Hall–Kier alpha value is -4.01. The van der Waals surface area contributed by atoms with Crippen molar-refractivity contribution in [1.29, 1.82) is 0 Å². The van der Waals surface area contributed by atoms with E-state index in [0.29, 0.717) is 11.3 Å². The Balaban J connectivity index is 1.93. The molecule has 3 rings (SSSR count). The second kappa shape index (κ2) is 13.4. The van der Waals surface area contributed by atoms with Crippen molar-refractivity contribution in [3.8, 4) is 5.75 Å². The van der Waals surface area contributed by atoms with Gasteiger partial charge in [0.2, 0.25) is 21.8 Å². The Kier molecular flexibility index (Phi) is 10.2. The highest BCUT2D eigenvalue weighted by Gasteiger charge is 2.32. The average Bonchev–Trinajstić information content (AvgIpc) is 2.93. The van der Waals surface area contributed by atoms with E-state index in [1.165, 1.54) is 37.3 Å². The van der Waals surface area contributed by atoms with Crippen molar-refractivity contribution in [2.24, 2.45) is 0 Å². The molecule has 0 saturated heterocycles. The van der Waals surface area contributed by atoms with Gasteiger partial charge in [-0.15, -0.1) is 0 Å². The van der Waals surface area contributed by atoms with Gasteiger partial charge in [0.25, 0.3) is 5.91 Å². The maximum atomic E-state index is 13.6. The molecule has 14 heteroatoms. The molecule has 13 nitrogen and oxygen atoms in total. The molecule has 1 aliphatic heterocycles. The Morgan fingerprint density at radius 3 is 2.55 bits per heavy atom. The van der Waals surface area contributed by atoms with Crippen LogP contribution in [0.4, 0.5) is 0 Å². The maximum Gasteiger partial charge on any atom is 0.339 e. The van der Waals surface area contributed by atoms with E-state index in [2.05, 4.69) is 16.0 Å². The summed E-state index contributed by atoms with van der Waals surface area (Å²) in [7, 11) is -3.32. The lowest BCUT2D eigenvalue weighted by Crippen LogP contribution is -2.53. The number of aliphatic hydroxyl groups is 1. The fourth-order valence-electron chi connectivity index (χ4n) is 3.90. The van der Waals surface area contributed by atoms with Crippen molar-refractivity contribution >= 4 is 33.7 Å². The number of benzene rings is 2. The number of carbonyl (C=O) groups is 4. The molecular formula is C26H32N4O9S. The molecule has 0 aromatic heterocycles. The smallest absolute Gasteiger partial charge is 0.339 e. The number of nitrogens with zero attached hydrogens (tertiary/aromatic N) is 1. The highest BCUT2D eigenvalue weighted by molar-refractivity contribution is 7.89. The van der Waals surface area contributed by atoms with Gasteiger partial charge >= 0.3 is 5.97 Å². The van der Waals surface area contributed by atoms with Gasteiger partial charge in [-0.3, -0.25) is 14.4 Å². The van der Waals surface area contributed by atoms with Crippen LogP contribution in [0.2, 0.25) is 0 Å². The number of hydrogen-bond donors (Lipinski definition) is 4. The second-order valence-corrected chi connectivity index (χ2v) is 10.9. The summed E-state index contributed by atoms with van der Waals surface area (Å²) in [5.41, 5.74) is 0.682. The summed E-state index contributed by atoms with van der Waals surface area (Å²) in [4.78, 5) is 50.3. The summed E-state index contributed by atoms with van der Waals surface area (Å²) in [6.45, 7) is 1.87. The van der Waals surface area contributed by atoms with Crippen LogP contribution in [-0.4, -0.2) is 93.6 Å². The predicted octanol–water partition coefficient (Wildman–Crippen LogP) is -0.423. The number of amides is 3. The summed E-state index contributed by atoms with van der Waals surface area (Å²) < 4.78 is 38.4. The number of sulfonamides is 1. The maximum absolute atomic E-state index is 13.6. The summed E-state index contributed by atoms with van der Waals surface area (Å²) >= 11 is 0. The number of aliphatic hydroxyl groups excluding tert-OH is 1. The molecule has 40 heavy (non-hydrogen) atoms. The monoisotopic (exact) mass is 576 g/mol. The van der Waals surface area contributed by atoms with Gasteiger partial charge in [0, 0.05) is 18.7 Å². The first kappa shape index (κ1) is 30.5. The van der Waals surface area contributed by atoms with Crippen LogP contribution in [0.15, 0.2) is 47.4 Å². The van der Waals surface area contributed by atoms with Crippen molar-refractivity contribution in [1.82, 2.24) is 20.3 Å². The minimum atomic E-state index is -4.43. The minimum Gasteiger partial charge on any atom is -0.491 e. The van der Waals surface area contributed by atoms with Crippen molar-refractivity contribution in [2.75, 3.05) is 39.9 Å². The molecule has 2 bridgehead atoms. The number of hydrogen-bond acceptors (Lipinski definition) is 9. The summed E-state index contributed by atoms with van der Waals surface area (Å²) in [6.07, 6.45) is -1.29. The van der Waals surface area contributed by atoms with E-state index >= 15 is 0 Å². The van der Waals surface area contributed by atoms with Crippen LogP contribution in [0.5, 0.6) is 5.75 Å². The number of methoxy groups -OCH3 is 1. The number of fused-ring (bicyclic) bond motifs is 2. The Morgan fingerprint density at radius 1 is 1.12 bits per heavy atom. The van der Waals surface area contributed by atoms with Crippen LogP contribution in [0.25, 0.3) is 0 Å². The third-order valence-electron chi connectivity index (χ3n) is 6.07. The van der Waals surface area contributed by atoms with Crippen molar-refractivity contribution in [3.63, 3.8) is 0 Å². The van der Waals surface area contributed by atoms with Crippen LogP contribution >= 0.6 is 0 Å². The zero-order valence-corrected chi connectivity index (χ0v) is 23.1. The molecule has 0 radical (unpaired) electrons. The molecule has 1 aliphatic rings. The molecule has 2 atom stereocenters. The largest absolute Gasteiger partial charge is 0.491 e. The van der Waals surface area contributed by atoms with Crippen molar-refractivity contribution in [3.05, 3.63) is 59.2 Å². The third-order valence-corrected chi connectivity index (χ3v) is 7.98. The fraction of sp³-hybridized carbons (Fsp3) is 0.385. The normalized spacial score (nSPS) is 18.8. The van der Waals surface area contributed by atoms with E-state index in [1.54, 1.807) is 19.1 Å². The molecule has 0 spiro atoms. The zero-order valence-electron chi connectivity index (χ0n) is 22.3. The van der Waals surface area contributed by atoms with Gasteiger partial charge in [-0.1, -0.05) is 18.2 Å². The Morgan fingerprint density at radius 2 is 1.85 bits per heavy atom. The molecule has 2 aromatic rings. The van der Waals surface area contributed by atoms with E-state index in [1.807, 2.05) is 0 Å². The van der Waals surface area contributed by atoms with Crippen molar-refractivity contribution in [2.45, 2.75) is 30.9 Å². The predicted molar refractivity (Wildman–Crippen MR) is 142 cm³/mol. The first-order chi connectivity index (χ1) is 18.9. The molecule has 4 N–H and O–H groups in total. The topological polar surface area (TPSA) is 180 Å².